The molecule has 1 aromatic heterocycles. The van der Waals surface area contributed by atoms with Gasteiger partial charge in [0.15, 0.2) is 5.96 Å². The maximum atomic E-state index is 5.76. The number of unbranched alkanes of at least 4 members (excludes halogenated alkanes) is 2. The Balaban J connectivity index is 0.00000400. The van der Waals surface area contributed by atoms with E-state index in [-0.39, 0.29) is 24.0 Å². The second kappa shape index (κ2) is 12.0. The predicted octanol–water partition coefficient (Wildman–Crippen LogP) is 3.99. The molecule has 0 saturated heterocycles. The molecule has 4 nitrogen and oxygen atoms in total. The van der Waals surface area contributed by atoms with Crippen LogP contribution < -0.4 is 10.6 Å². The van der Waals surface area contributed by atoms with E-state index in [1.54, 1.807) is 19.3 Å². The number of aliphatic imine (C=N–C) groups is 1. The van der Waals surface area contributed by atoms with Crippen molar-refractivity contribution in [2.75, 3.05) is 7.05 Å². The van der Waals surface area contributed by atoms with Crippen LogP contribution in [0.25, 0.3) is 0 Å². The lowest BCUT2D eigenvalue weighted by Gasteiger charge is -2.17. The molecule has 0 amide bonds. The highest BCUT2D eigenvalue weighted by atomic mass is 127. The van der Waals surface area contributed by atoms with Crippen molar-refractivity contribution in [2.45, 2.75) is 52.1 Å². The number of hydrogen-bond acceptors (Lipinski definition) is 2. The van der Waals surface area contributed by atoms with Crippen LogP contribution in [0.2, 0.25) is 5.15 Å². The fraction of sp³-hybridized carbons (Fsp3) is 0.600. The summed E-state index contributed by atoms with van der Waals surface area (Å²) in [4.78, 5) is 8.30. The van der Waals surface area contributed by atoms with Gasteiger partial charge in [0, 0.05) is 25.8 Å². The topological polar surface area (TPSA) is 49.3 Å². The summed E-state index contributed by atoms with van der Waals surface area (Å²) in [6.07, 6.45) is 6.73. The van der Waals surface area contributed by atoms with Gasteiger partial charge in [0.05, 0.1) is 0 Å². The molecular formula is C15H26ClIN4. The van der Waals surface area contributed by atoms with Gasteiger partial charge >= 0.3 is 0 Å². The summed E-state index contributed by atoms with van der Waals surface area (Å²) in [7, 11) is 1.79. The van der Waals surface area contributed by atoms with Gasteiger partial charge in [-0.25, -0.2) is 4.98 Å². The Morgan fingerprint density at radius 3 is 2.71 bits per heavy atom. The highest BCUT2D eigenvalue weighted by molar-refractivity contribution is 14.0. The summed E-state index contributed by atoms with van der Waals surface area (Å²) in [6, 6.07) is 4.18. The first-order valence-corrected chi connectivity index (χ1v) is 7.61. The van der Waals surface area contributed by atoms with Crippen LogP contribution in [0.4, 0.5) is 0 Å². The minimum absolute atomic E-state index is 0. The SMILES string of the molecule is CCCCCC(C)NC(=NC)NCc1ccc(Cl)nc1.I. The molecule has 0 aliphatic carbocycles. The molecule has 0 bridgehead atoms. The Kier molecular flexibility index (Phi) is 11.7. The van der Waals surface area contributed by atoms with Gasteiger partial charge in [-0.15, -0.1) is 24.0 Å². The first-order valence-electron chi connectivity index (χ1n) is 7.23. The highest BCUT2D eigenvalue weighted by Crippen LogP contribution is 2.05. The zero-order chi connectivity index (χ0) is 14.8. The van der Waals surface area contributed by atoms with Crippen molar-refractivity contribution >= 4 is 41.5 Å². The van der Waals surface area contributed by atoms with Gasteiger partial charge in [0.2, 0.25) is 0 Å². The lowest BCUT2D eigenvalue weighted by molar-refractivity contribution is 0.546. The van der Waals surface area contributed by atoms with E-state index in [4.69, 9.17) is 11.6 Å². The minimum Gasteiger partial charge on any atom is -0.354 e. The molecule has 0 aliphatic rings. The molecule has 6 heteroatoms. The van der Waals surface area contributed by atoms with Crippen molar-refractivity contribution in [3.8, 4) is 0 Å². The van der Waals surface area contributed by atoms with E-state index in [1.807, 2.05) is 6.07 Å². The van der Waals surface area contributed by atoms with Crippen LogP contribution in [0.5, 0.6) is 0 Å². The minimum atomic E-state index is 0. The summed E-state index contributed by atoms with van der Waals surface area (Å²) < 4.78 is 0. The number of pyridine rings is 1. The molecule has 1 aromatic rings. The maximum Gasteiger partial charge on any atom is 0.191 e. The van der Waals surface area contributed by atoms with E-state index >= 15 is 0 Å². The number of hydrogen-bond donors (Lipinski definition) is 2. The van der Waals surface area contributed by atoms with Crippen molar-refractivity contribution in [1.29, 1.82) is 0 Å². The summed E-state index contributed by atoms with van der Waals surface area (Å²) in [5.41, 5.74) is 1.08. The first-order chi connectivity index (χ1) is 9.65. The van der Waals surface area contributed by atoms with Crippen LogP contribution in [0.3, 0.4) is 0 Å². The molecule has 0 fully saturated rings. The van der Waals surface area contributed by atoms with E-state index in [1.165, 1.54) is 19.3 Å². The smallest absolute Gasteiger partial charge is 0.191 e. The molecule has 120 valence electrons. The molecule has 0 aromatic carbocycles. The third-order valence-corrected chi connectivity index (χ3v) is 3.32. The summed E-state index contributed by atoms with van der Waals surface area (Å²) in [5.74, 6) is 0.823. The van der Waals surface area contributed by atoms with Crippen molar-refractivity contribution in [3.05, 3.63) is 29.0 Å². The molecule has 0 aliphatic heterocycles. The Bertz CT molecular complexity index is 409. The normalized spacial score (nSPS) is 12.5. The number of nitrogens with one attached hydrogen (secondary N) is 2. The van der Waals surface area contributed by atoms with Crippen LogP contribution in [-0.2, 0) is 6.54 Å². The van der Waals surface area contributed by atoms with Crippen molar-refractivity contribution < 1.29 is 0 Å². The molecule has 1 unspecified atom stereocenters. The lowest BCUT2D eigenvalue weighted by atomic mass is 10.1. The second-order valence-electron chi connectivity index (χ2n) is 4.96. The highest BCUT2D eigenvalue weighted by Gasteiger charge is 2.04. The summed E-state index contributed by atoms with van der Waals surface area (Å²) in [6.45, 7) is 5.09. The zero-order valence-electron chi connectivity index (χ0n) is 13.0. The van der Waals surface area contributed by atoms with Gasteiger partial charge in [-0.05, 0) is 25.0 Å². The summed E-state index contributed by atoms with van der Waals surface area (Å²) >= 11 is 5.76. The monoisotopic (exact) mass is 424 g/mol. The molecular weight excluding hydrogens is 399 g/mol. The fourth-order valence-electron chi connectivity index (χ4n) is 1.90. The average molecular weight is 425 g/mol. The first kappa shape index (κ1) is 20.4. The Morgan fingerprint density at radius 2 is 2.14 bits per heavy atom. The quantitative estimate of drug-likeness (QED) is 0.229. The van der Waals surface area contributed by atoms with Crippen molar-refractivity contribution in [1.82, 2.24) is 15.6 Å². The molecule has 0 radical (unpaired) electrons. The Morgan fingerprint density at radius 1 is 1.38 bits per heavy atom. The van der Waals surface area contributed by atoms with E-state index in [2.05, 4.69) is 34.5 Å². The average Bonchev–Trinajstić information content (AvgIpc) is 2.45. The van der Waals surface area contributed by atoms with E-state index in [9.17, 15) is 0 Å². The number of guanidine groups is 1. The largest absolute Gasteiger partial charge is 0.354 e. The van der Waals surface area contributed by atoms with Crippen molar-refractivity contribution in [3.63, 3.8) is 0 Å². The van der Waals surface area contributed by atoms with Gasteiger partial charge < -0.3 is 10.6 Å². The fourth-order valence-corrected chi connectivity index (χ4v) is 2.01. The molecule has 0 saturated carbocycles. The molecule has 0 spiro atoms. The molecule has 1 atom stereocenters. The number of nitrogens with zero attached hydrogens (tertiary/aromatic N) is 2. The lowest BCUT2D eigenvalue weighted by Crippen LogP contribution is -2.41. The van der Waals surface area contributed by atoms with Gasteiger partial charge in [0.1, 0.15) is 5.15 Å². The van der Waals surface area contributed by atoms with Crippen LogP contribution in [-0.4, -0.2) is 24.0 Å². The van der Waals surface area contributed by atoms with Crippen LogP contribution in [0.1, 0.15) is 45.1 Å². The van der Waals surface area contributed by atoms with Gasteiger partial charge in [-0.1, -0.05) is 43.9 Å². The van der Waals surface area contributed by atoms with Gasteiger partial charge in [-0.3, -0.25) is 4.99 Å². The number of rotatable bonds is 7. The molecule has 1 heterocycles. The third kappa shape index (κ3) is 9.14. The predicted molar refractivity (Wildman–Crippen MR) is 102 cm³/mol. The second-order valence-corrected chi connectivity index (χ2v) is 5.34. The van der Waals surface area contributed by atoms with Crippen LogP contribution in [0.15, 0.2) is 23.3 Å². The Labute approximate surface area is 150 Å². The van der Waals surface area contributed by atoms with E-state index in [0.29, 0.717) is 17.7 Å². The number of halogens is 2. The van der Waals surface area contributed by atoms with E-state index in [0.717, 1.165) is 17.9 Å². The Hall–Kier alpha value is -0.560. The standard InChI is InChI=1S/C15H25ClN4.HI/c1-4-5-6-7-12(2)20-15(17-3)19-11-13-8-9-14(16)18-10-13;/h8-10,12H,4-7,11H2,1-3H3,(H2,17,19,20);1H. The van der Waals surface area contributed by atoms with Crippen LogP contribution in [0, 0.1) is 0 Å². The van der Waals surface area contributed by atoms with Gasteiger partial charge in [0.25, 0.3) is 0 Å². The van der Waals surface area contributed by atoms with Gasteiger partial charge in [-0.2, -0.15) is 0 Å². The molecule has 1 rings (SSSR count). The maximum absolute atomic E-state index is 5.76. The number of aromatic nitrogens is 1. The van der Waals surface area contributed by atoms with Crippen molar-refractivity contribution in [2.24, 2.45) is 4.99 Å². The molecule has 21 heavy (non-hydrogen) atoms. The van der Waals surface area contributed by atoms with E-state index < -0.39 is 0 Å². The molecule has 2 N–H and O–H groups in total. The third-order valence-electron chi connectivity index (χ3n) is 3.10. The zero-order valence-corrected chi connectivity index (χ0v) is 16.1. The summed E-state index contributed by atoms with van der Waals surface area (Å²) in [5, 5.41) is 7.20. The van der Waals surface area contributed by atoms with Crippen LogP contribution >= 0.6 is 35.6 Å².